The highest BCUT2D eigenvalue weighted by molar-refractivity contribution is 9.10. The van der Waals surface area contributed by atoms with Crippen molar-refractivity contribution in [2.45, 2.75) is 30.6 Å². The molecule has 0 bridgehead atoms. The summed E-state index contributed by atoms with van der Waals surface area (Å²) in [5.74, 6) is 0.917. The molecule has 0 radical (unpaired) electrons. The first-order valence-electron chi connectivity index (χ1n) is 9.10. The van der Waals surface area contributed by atoms with Crippen LogP contribution in [0.3, 0.4) is 0 Å². The predicted octanol–water partition coefficient (Wildman–Crippen LogP) is 4.38. The predicted molar refractivity (Wildman–Crippen MR) is 109 cm³/mol. The first-order valence-corrected chi connectivity index (χ1v) is 11.3. The highest BCUT2D eigenvalue weighted by Gasteiger charge is 2.33. The van der Waals surface area contributed by atoms with Gasteiger partial charge in [0.1, 0.15) is 0 Å². The fraction of sp³-hybridized carbons (Fsp3) is 0.300. The van der Waals surface area contributed by atoms with Crippen LogP contribution in [0.1, 0.15) is 30.2 Å². The van der Waals surface area contributed by atoms with Crippen molar-refractivity contribution in [1.82, 2.24) is 14.4 Å². The molecule has 0 aliphatic carbocycles. The monoisotopic (exact) mass is 461 g/mol. The molecule has 2 heterocycles. The Morgan fingerprint density at radius 2 is 1.82 bits per heavy atom. The quantitative estimate of drug-likeness (QED) is 0.576. The Labute approximate surface area is 172 Å². The zero-order chi connectivity index (χ0) is 19.7. The fourth-order valence-electron chi connectivity index (χ4n) is 3.34. The Morgan fingerprint density at radius 3 is 2.54 bits per heavy atom. The summed E-state index contributed by atoms with van der Waals surface area (Å²) in [7, 11) is -3.55. The summed E-state index contributed by atoms with van der Waals surface area (Å²) >= 11 is 3.34. The number of piperidine rings is 1. The fourth-order valence-corrected chi connectivity index (χ4v) is 5.13. The largest absolute Gasteiger partial charge is 0.339 e. The summed E-state index contributed by atoms with van der Waals surface area (Å²) in [6, 6.07) is 14.6. The first-order chi connectivity index (χ1) is 13.4. The van der Waals surface area contributed by atoms with E-state index in [1.807, 2.05) is 31.2 Å². The van der Waals surface area contributed by atoms with Gasteiger partial charge < -0.3 is 4.52 Å². The van der Waals surface area contributed by atoms with Crippen LogP contribution < -0.4 is 0 Å². The van der Waals surface area contributed by atoms with Gasteiger partial charge in [-0.3, -0.25) is 0 Å². The molecule has 4 rings (SSSR count). The van der Waals surface area contributed by atoms with Gasteiger partial charge in [0, 0.05) is 23.1 Å². The Morgan fingerprint density at radius 1 is 1.11 bits per heavy atom. The van der Waals surface area contributed by atoms with E-state index in [0.717, 1.165) is 28.4 Å². The molecule has 1 fully saturated rings. The van der Waals surface area contributed by atoms with E-state index in [2.05, 4.69) is 26.1 Å². The average Bonchev–Trinajstić information content (AvgIpc) is 3.19. The van der Waals surface area contributed by atoms with E-state index >= 15 is 0 Å². The summed E-state index contributed by atoms with van der Waals surface area (Å²) in [5.41, 5.74) is 2.05. The van der Waals surface area contributed by atoms with Crippen molar-refractivity contribution in [3.05, 3.63) is 64.5 Å². The van der Waals surface area contributed by atoms with Crippen LogP contribution in [0.15, 0.2) is 62.4 Å². The smallest absolute Gasteiger partial charge is 0.243 e. The molecule has 146 valence electrons. The van der Waals surface area contributed by atoms with E-state index in [-0.39, 0.29) is 5.92 Å². The van der Waals surface area contributed by atoms with Gasteiger partial charge in [-0.2, -0.15) is 9.29 Å². The molecule has 0 N–H and O–H groups in total. The number of hydrogen-bond donors (Lipinski definition) is 0. The molecule has 28 heavy (non-hydrogen) atoms. The maximum Gasteiger partial charge on any atom is 0.243 e. The molecule has 3 aromatic rings. The lowest BCUT2D eigenvalue weighted by Crippen LogP contribution is -2.39. The van der Waals surface area contributed by atoms with Crippen molar-refractivity contribution in [3.63, 3.8) is 0 Å². The SMILES string of the molecule is Cc1ccc(-c2noc([C@@H]3CCCN(S(=O)(=O)c4ccc(Br)cc4)C3)n2)cc1. The lowest BCUT2D eigenvalue weighted by atomic mass is 10.00. The van der Waals surface area contributed by atoms with E-state index in [1.54, 1.807) is 24.3 Å². The third-order valence-electron chi connectivity index (χ3n) is 4.94. The standard InChI is InChI=1S/C20H20BrN3O3S/c1-14-4-6-15(7-5-14)19-22-20(27-23-19)16-3-2-12-24(13-16)28(25,26)18-10-8-17(21)9-11-18/h4-11,16H,2-3,12-13H2,1H3/t16-/m1/s1. The van der Waals surface area contributed by atoms with Gasteiger partial charge in [0.2, 0.25) is 21.7 Å². The van der Waals surface area contributed by atoms with E-state index < -0.39 is 10.0 Å². The van der Waals surface area contributed by atoms with Crippen LogP contribution in [-0.2, 0) is 10.0 Å². The normalized spacial score (nSPS) is 18.3. The second-order valence-corrected chi connectivity index (χ2v) is 9.83. The number of halogens is 1. The summed E-state index contributed by atoms with van der Waals surface area (Å²) in [6.07, 6.45) is 1.57. The van der Waals surface area contributed by atoms with Crippen molar-refractivity contribution in [1.29, 1.82) is 0 Å². The molecule has 2 aromatic carbocycles. The number of rotatable bonds is 4. The van der Waals surface area contributed by atoms with Crippen molar-refractivity contribution < 1.29 is 12.9 Å². The van der Waals surface area contributed by atoms with Gasteiger partial charge in [0.25, 0.3) is 0 Å². The van der Waals surface area contributed by atoms with E-state index in [4.69, 9.17) is 4.52 Å². The second kappa shape index (κ2) is 7.77. The zero-order valence-electron chi connectivity index (χ0n) is 15.4. The number of benzene rings is 2. The minimum Gasteiger partial charge on any atom is -0.339 e. The maximum atomic E-state index is 13.0. The molecule has 0 unspecified atom stereocenters. The van der Waals surface area contributed by atoms with E-state index in [9.17, 15) is 8.42 Å². The summed E-state index contributed by atoms with van der Waals surface area (Å²) in [4.78, 5) is 4.82. The van der Waals surface area contributed by atoms with Gasteiger partial charge >= 0.3 is 0 Å². The molecule has 1 aliphatic heterocycles. The van der Waals surface area contributed by atoms with Gasteiger partial charge in [-0.1, -0.05) is 50.9 Å². The van der Waals surface area contributed by atoms with Crippen molar-refractivity contribution >= 4 is 26.0 Å². The van der Waals surface area contributed by atoms with Gasteiger partial charge in [-0.15, -0.1) is 0 Å². The number of nitrogens with zero attached hydrogens (tertiary/aromatic N) is 3. The minimum absolute atomic E-state index is 0.106. The molecular weight excluding hydrogens is 442 g/mol. The van der Waals surface area contributed by atoms with Gasteiger partial charge in [0.15, 0.2) is 0 Å². The van der Waals surface area contributed by atoms with Crippen LogP contribution in [0.2, 0.25) is 0 Å². The molecule has 1 aliphatic rings. The van der Waals surface area contributed by atoms with Crippen molar-refractivity contribution in [2.24, 2.45) is 0 Å². The highest BCUT2D eigenvalue weighted by Crippen LogP contribution is 2.31. The molecule has 0 amide bonds. The Hall–Kier alpha value is -2.03. The van der Waals surface area contributed by atoms with Gasteiger partial charge in [0.05, 0.1) is 10.8 Å². The third-order valence-corrected chi connectivity index (χ3v) is 7.34. The first kappa shape index (κ1) is 19.3. The van der Waals surface area contributed by atoms with E-state index in [1.165, 1.54) is 4.31 Å². The second-order valence-electron chi connectivity index (χ2n) is 6.98. The Bertz CT molecular complexity index is 1060. The molecular formula is C20H20BrN3O3S. The average molecular weight is 462 g/mol. The van der Waals surface area contributed by atoms with Crippen LogP contribution in [0, 0.1) is 6.92 Å². The van der Waals surface area contributed by atoms with Crippen molar-refractivity contribution in [2.75, 3.05) is 13.1 Å². The van der Waals surface area contributed by atoms with Crippen LogP contribution in [0.4, 0.5) is 0 Å². The number of aryl methyl sites for hydroxylation is 1. The minimum atomic E-state index is -3.55. The lowest BCUT2D eigenvalue weighted by Gasteiger charge is -2.30. The van der Waals surface area contributed by atoms with E-state index in [0.29, 0.717) is 29.7 Å². The topological polar surface area (TPSA) is 76.3 Å². The summed E-state index contributed by atoms with van der Waals surface area (Å²) < 4.78 is 33.8. The Balaban J connectivity index is 1.54. The molecule has 0 spiro atoms. The van der Waals surface area contributed by atoms with Crippen molar-refractivity contribution in [3.8, 4) is 11.4 Å². The van der Waals surface area contributed by atoms with Crippen LogP contribution >= 0.6 is 15.9 Å². The molecule has 1 saturated heterocycles. The summed E-state index contributed by atoms with van der Waals surface area (Å²) in [6.45, 7) is 2.86. The number of hydrogen-bond acceptors (Lipinski definition) is 5. The van der Waals surface area contributed by atoms with Crippen LogP contribution in [0.5, 0.6) is 0 Å². The van der Waals surface area contributed by atoms with Crippen LogP contribution in [-0.4, -0.2) is 36.0 Å². The highest BCUT2D eigenvalue weighted by atomic mass is 79.9. The molecule has 6 nitrogen and oxygen atoms in total. The summed E-state index contributed by atoms with van der Waals surface area (Å²) in [5, 5.41) is 4.09. The number of sulfonamides is 1. The Kier molecular flexibility index (Phi) is 5.35. The number of aromatic nitrogens is 2. The van der Waals surface area contributed by atoms with Gasteiger partial charge in [-0.05, 0) is 44.0 Å². The van der Waals surface area contributed by atoms with Crippen LogP contribution in [0.25, 0.3) is 11.4 Å². The third kappa shape index (κ3) is 3.90. The molecule has 1 atom stereocenters. The molecule has 0 saturated carbocycles. The maximum absolute atomic E-state index is 13.0. The molecule has 1 aromatic heterocycles. The molecule has 8 heteroatoms. The zero-order valence-corrected chi connectivity index (χ0v) is 17.8. The lowest BCUT2D eigenvalue weighted by molar-refractivity contribution is 0.265. The van der Waals surface area contributed by atoms with Gasteiger partial charge in [-0.25, -0.2) is 8.42 Å².